The molecule has 0 amide bonds. The highest BCUT2D eigenvalue weighted by atomic mass is 19.4. The highest BCUT2D eigenvalue weighted by Gasteiger charge is 2.60. The van der Waals surface area contributed by atoms with E-state index in [1.807, 2.05) is 0 Å². The summed E-state index contributed by atoms with van der Waals surface area (Å²) in [6.07, 6.45) is -3.52. The lowest BCUT2D eigenvalue weighted by atomic mass is 9.57. The Bertz CT molecular complexity index is 753. The predicted octanol–water partition coefficient (Wildman–Crippen LogP) is 3.73. The number of methoxy groups -OCH3 is 2. The number of pyridine rings is 1. The summed E-state index contributed by atoms with van der Waals surface area (Å²) in [7, 11) is 3.03. The Kier molecular flexibility index (Phi) is 5.16. The second-order valence-corrected chi connectivity index (χ2v) is 6.56. The second-order valence-electron chi connectivity index (χ2n) is 6.56. The standard InChI is InChI=1S/C19H20F3NO4/c1-25-18(26-2)11-17(12-18,16(24)15-5-3-4-10-23-15)13-6-8-14(9-7-13)27-19(20,21)22/h3-10,16,24H,11-12H2,1-2H3. The van der Waals surface area contributed by atoms with Crippen molar-refractivity contribution in [2.24, 2.45) is 0 Å². The maximum atomic E-state index is 12.4. The van der Waals surface area contributed by atoms with Crippen LogP contribution < -0.4 is 4.74 Å². The van der Waals surface area contributed by atoms with Crippen LogP contribution in [-0.4, -0.2) is 36.5 Å². The van der Waals surface area contributed by atoms with Crippen molar-refractivity contribution < 1.29 is 32.5 Å². The number of aromatic nitrogens is 1. The minimum atomic E-state index is -4.76. The predicted molar refractivity (Wildman–Crippen MR) is 90.0 cm³/mol. The Balaban J connectivity index is 1.94. The molecule has 0 spiro atoms. The first-order chi connectivity index (χ1) is 12.7. The molecule has 1 aliphatic rings. The molecule has 0 saturated heterocycles. The molecular formula is C19H20F3NO4. The molecular weight excluding hydrogens is 363 g/mol. The Labute approximate surface area is 154 Å². The van der Waals surface area contributed by atoms with Crippen LogP contribution in [0.1, 0.15) is 30.2 Å². The maximum absolute atomic E-state index is 12.4. The first-order valence-corrected chi connectivity index (χ1v) is 8.29. The van der Waals surface area contributed by atoms with Crippen LogP contribution >= 0.6 is 0 Å². The van der Waals surface area contributed by atoms with Crippen LogP contribution in [0.15, 0.2) is 48.7 Å². The van der Waals surface area contributed by atoms with E-state index < -0.39 is 23.7 Å². The molecule has 5 nitrogen and oxygen atoms in total. The summed E-state index contributed by atoms with van der Waals surface area (Å²) < 4.78 is 52.0. The number of benzene rings is 1. The van der Waals surface area contributed by atoms with Crippen LogP contribution in [0.3, 0.4) is 0 Å². The fourth-order valence-electron chi connectivity index (χ4n) is 3.65. The minimum absolute atomic E-state index is 0.321. The van der Waals surface area contributed by atoms with Crippen LogP contribution in [0.5, 0.6) is 5.75 Å². The Morgan fingerprint density at radius 3 is 2.15 bits per heavy atom. The van der Waals surface area contributed by atoms with Gasteiger partial charge in [0.15, 0.2) is 5.79 Å². The third-order valence-corrected chi connectivity index (χ3v) is 5.07. The monoisotopic (exact) mass is 383 g/mol. The summed E-state index contributed by atoms with van der Waals surface area (Å²) in [6, 6.07) is 10.7. The normalized spacial score (nSPS) is 19.2. The fourth-order valence-corrected chi connectivity index (χ4v) is 3.65. The van der Waals surface area contributed by atoms with E-state index in [9.17, 15) is 18.3 Å². The number of hydrogen-bond donors (Lipinski definition) is 1. The molecule has 1 heterocycles. The molecule has 2 aromatic rings. The van der Waals surface area contributed by atoms with Gasteiger partial charge in [0, 0.05) is 38.7 Å². The number of ether oxygens (including phenoxy) is 3. The van der Waals surface area contributed by atoms with E-state index in [1.54, 1.807) is 24.4 Å². The lowest BCUT2D eigenvalue weighted by molar-refractivity contribution is -0.292. The molecule has 1 saturated carbocycles. The molecule has 1 fully saturated rings. The van der Waals surface area contributed by atoms with Gasteiger partial charge in [-0.2, -0.15) is 0 Å². The van der Waals surface area contributed by atoms with Crippen molar-refractivity contribution in [3.05, 3.63) is 59.9 Å². The zero-order valence-electron chi connectivity index (χ0n) is 14.9. The van der Waals surface area contributed by atoms with E-state index in [0.29, 0.717) is 24.1 Å². The highest BCUT2D eigenvalue weighted by Crippen LogP contribution is 2.58. The number of hydrogen-bond acceptors (Lipinski definition) is 5. The van der Waals surface area contributed by atoms with E-state index >= 15 is 0 Å². The van der Waals surface area contributed by atoms with Crippen molar-refractivity contribution in [1.29, 1.82) is 0 Å². The van der Waals surface area contributed by atoms with Crippen LogP contribution in [-0.2, 0) is 14.9 Å². The summed E-state index contributed by atoms with van der Waals surface area (Å²) >= 11 is 0. The van der Waals surface area contributed by atoms with Crippen LogP contribution in [0, 0.1) is 0 Å². The van der Waals surface area contributed by atoms with Gasteiger partial charge in [-0.05, 0) is 29.8 Å². The van der Waals surface area contributed by atoms with Crippen LogP contribution in [0.25, 0.3) is 0 Å². The van der Waals surface area contributed by atoms with Gasteiger partial charge in [-0.3, -0.25) is 4.98 Å². The maximum Gasteiger partial charge on any atom is 0.573 e. The Morgan fingerprint density at radius 1 is 1.04 bits per heavy atom. The van der Waals surface area contributed by atoms with Gasteiger partial charge >= 0.3 is 6.36 Å². The number of alkyl halides is 3. The number of aliphatic hydroxyl groups is 1. The summed E-state index contributed by atoms with van der Waals surface area (Å²) in [6.45, 7) is 0. The van der Waals surface area contributed by atoms with Crippen molar-refractivity contribution in [1.82, 2.24) is 4.98 Å². The smallest absolute Gasteiger partial charge is 0.406 e. The minimum Gasteiger partial charge on any atom is -0.406 e. The van der Waals surface area contributed by atoms with E-state index in [-0.39, 0.29) is 5.75 Å². The topological polar surface area (TPSA) is 60.8 Å². The molecule has 1 aromatic carbocycles. The first kappa shape index (κ1) is 19.6. The van der Waals surface area contributed by atoms with Gasteiger partial charge in [0.05, 0.1) is 5.69 Å². The fraction of sp³-hybridized carbons (Fsp3) is 0.421. The van der Waals surface area contributed by atoms with E-state index in [1.165, 1.54) is 38.5 Å². The lowest BCUT2D eigenvalue weighted by Crippen LogP contribution is -2.59. The van der Waals surface area contributed by atoms with Gasteiger partial charge in [-0.1, -0.05) is 18.2 Å². The van der Waals surface area contributed by atoms with Crippen LogP contribution in [0.2, 0.25) is 0 Å². The number of aliphatic hydroxyl groups excluding tert-OH is 1. The number of rotatable bonds is 6. The van der Waals surface area contributed by atoms with E-state index in [4.69, 9.17) is 9.47 Å². The molecule has 0 bridgehead atoms. The Morgan fingerprint density at radius 2 is 1.67 bits per heavy atom. The SMILES string of the molecule is COC1(OC)CC(c2ccc(OC(F)(F)F)cc2)(C(O)c2ccccn2)C1. The summed E-state index contributed by atoms with van der Waals surface area (Å²) in [4.78, 5) is 4.21. The van der Waals surface area contributed by atoms with Gasteiger partial charge < -0.3 is 19.3 Å². The van der Waals surface area contributed by atoms with Gasteiger partial charge in [0.1, 0.15) is 11.9 Å². The molecule has 3 rings (SSSR count). The Hall–Kier alpha value is -2.16. The largest absolute Gasteiger partial charge is 0.573 e. The average Bonchev–Trinajstić information content (AvgIpc) is 2.62. The molecule has 1 aliphatic carbocycles. The molecule has 0 radical (unpaired) electrons. The molecule has 0 aliphatic heterocycles. The first-order valence-electron chi connectivity index (χ1n) is 8.29. The highest BCUT2D eigenvalue weighted by molar-refractivity contribution is 5.38. The zero-order valence-corrected chi connectivity index (χ0v) is 14.9. The average molecular weight is 383 g/mol. The molecule has 1 unspecified atom stereocenters. The third-order valence-electron chi connectivity index (χ3n) is 5.07. The second kappa shape index (κ2) is 7.10. The van der Waals surface area contributed by atoms with E-state index in [2.05, 4.69) is 9.72 Å². The van der Waals surface area contributed by atoms with Gasteiger partial charge in [0.2, 0.25) is 0 Å². The van der Waals surface area contributed by atoms with Gasteiger partial charge in [-0.15, -0.1) is 13.2 Å². The third kappa shape index (κ3) is 3.78. The van der Waals surface area contributed by atoms with Crippen molar-refractivity contribution in [2.75, 3.05) is 14.2 Å². The molecule has 1 atom stereocenters. The summed E-state index contributed by atoms with van der Waals surface area (Å²) in [5.41, 5.74) is 0.311. The van der Waals surface area contributed by atoms with Crippen molar-refractivity contribution in [3.63, 3.8) is 0 Å². The zero-order chi connectivity index (χ0) is 19.7. The summed E-state index contributed by atoms with van der Waals surface area (Å²) in [5.74, 6) is -1.19. The molecule has 27 heavy (non-hydrogen) atoms. The van der Waals surface area contributed by atoms with Crippen LogP contribution in [0.4, 0.5) is 13.2 Å². The molecule has 8 heteroatoms. The van der Waals surface area contributed by atoms with Gasteiger partial charge in [-0.25, -0.2) is 0 Å². The summed E-state index contributed by atoms with van der Waals surface area (Å²) in [5, 5.41) is 11.0. The number of halogens is 3. The lowest BCUT2D eigenvalue weighted by Gasteiger charge is -2.56. The van der Waals surface area contributed by atoms with Crippen molar-refractivity contribution in [2.45, 2.75) is 36.5 Å². The number of nitrogens with zero attached hydrogens (tertiary/aromatic N) is 1. The van der Waals surface area contributed by atoms with E-state index in [0.717, 1.165) is 0 Å². The quantitative estimate of drug-likeness (QED) is 0.770. The molecule has 1 aromatic heterocycles. The van der Waals surface area contributed by atoms with Crippen molar-refractivity contribution in [3.8, 4) is 5.75 Å². The van der Waals surface area contributed by atoms with Crippen molar-refractivity contribution >= 4 is 0 Å². The van der Waals surface area contributed by atoms with Gasteiger partial charge in [0.25, 0.3) is 0 Å². The molecule has 1 N–H and O–H groups in total. The molecule has 146 valence electrons.